The van der Waals surface area contributed by atoms with Crippen molar-refractivity contribution in [3.63, 3.8) is 0 Å². The highest BCUT2D eigenvalue weighted by atomic mass is 16.5. The van der Waals surface area contributed by atoms with Gasteiger partial charge in [-0.1, -0.05) is 0 Å². The van der Waals surface area contributed by atoms with E-state index in [4.69, 9.17) is 14.5 Å². The Hall–Kier alpha value is -1.99. The minimum atomic E-state index is -0.104. The summed E-state index contributed by atoms with van der Waals surface area (Å²) in [5.74, 6) is 2.28. The Kier molecular flexibility index (Phi) is 4.22. The number of hydrogen-bond acceptors (Lipinski definition) is 5. The third kappa shape index (κ3) is 2.74. The predicted octanol–water partition coefficient (Wildman–Crippen LogP) is 3.13. The lowest BCUT2D eigenvalue weighted by atomic mass is 9.40. The van der Waals surface area contributed by atoms with Gasteiger partial charge in [-0.15, -0.1) is 0 Å². The van der Waals surface area contributed by atoms with Crippen LogP contribution in [-0.2, 0) is 14.3 Å². The number of carbonyl (C=O) groups is 1. The molecular formula is C23H30N4O3. The second-order valence-corrected chi connectivity index (χ2v) is 9.87. The van der Waals surface area contributed by atoms with Crippen molar-refractivity contribution in [1.29, 1.82) is 0 Å². The van der Waals surface area contributed by atoms with Crippen molar-refractivity contribution >= 4 is 17.1 Å². The van der Waals surface area contributed by atoms with E-state index in [9.17, 15) is 4.79 Å². The van der Waals surface area contributed by atoms with Crippen LogP contribution < -0.4 is 0 Å². The zero-order valence-corrected chi connectivity index (χ0v) is 17.7. The molecule has 7 heteroatoms. The van der Waals surface area contributed by atoms with Gasteiger partial charge in [0.15, 0.2) is 5.65 Å². The lowest BCUT2D eigenvalue weighted by Gasteiger charge is -2.68. The van der Waals surface area contributed by atoms with Crippen LogP contribution >= 0.6 is 0 Å². The van der Waals surface area contributed by atoms with Gasteiger partial charge in [-0.05, 0) is 62.5 Å². The molecule has 3 aliphatic carbocycles. The van der Waals surface area contributed by atoms with Crippen LogP contribution in [0.5, 0.6) is 0 Å². The smallest absolute Gasteiger partial charge is 0.229 e. The van der Waals surface area contributed by atoms with Gasteiger partial charge in [0, 0.05) is 45.5 Å². The van der Waals surface area contributed by atoms with Crippen LogP contribution in [0.15, 0.2) is 12.3 Å². The molecule has 5 aliphatic rings. The predicted molar refractivity (Wildman–Crippen MR) is 111 cm³/mol. The van der Waals surface area contributed by atoms with E-state index in [2.05, 4.69) is 20.9 Å². The first-order chi connectivity index (χ1) is 14.6. The number of imidazole rings is 1. The maximum Gasteiger partial charge on any atom is 0.229 e. The van der Waals surface area contributed by atoms with Crippen LogP contribution in [0.25, 0.3) is 11.2 Å². The molecular weight excluding hydrogens is 380 g/mol. The molecule has 0 spiro atoms. The van der Waals surface area contributed by atoms with Gasteiger partial charge >= 0.3 is 0 Å². The number of aromatic nitrogens is 3. The van der Waals surface area contributed by atoms with Crippen molar-refractivity contribution in [2.75, 3.05) is 33.4 Å². The molecule has 0 atom stereocenters. The number of rotatable bonds is 4. The van der Waals surface area contributed by atoms with E-state index in [0.717, 1.165) is 88.2 Å². The Morgan fingerprint density at radius 3 is 2.60 bits per heavy atom. The summed E-state index contributed by atoms with van der Waals surface area (Å²) >= 11 is 0. The third-order valence-electron chi connectivity index (χ3n) is 8.13. The summed E-state index contributed by atoms with van der Waals surface area (Å²) in [6.07, 6.45) is 8.68. The Morgan fingerprint density at radius 2 is 1.90 bits per heavy atom. The number of methoxy groups -OCH3 is 1. The molecule has 2 bridgehead atoms. The van der Waals surface area contributed by atoms with E-state index in [1.54, 1.807) is 7.11 Å². The molecule has 3 saturated carbocycles. The van der Waals surface area contributed by atoms with Gasteiger partial charge in [0.25, 0.3) is 0 Å². The molecule has 4 heterocycles. The fraction of sp³-hybridized carbons (Fsp3) is 0.696. The number of ether oxygens (including phenoxy) is 2. The fourth-order valence-corrected chi connectivity index (χ4v) is 6.31. The Balaban J connectivity index is 1.15. The highest BCUT2D eigenvalue weighted by Crippen LogP contribution is 2.69. The molecule has 30 heavy (non-hydrogen) atoms. The minimum absolute atomic E-state index is 0.0265. The van der Waals surface area contributed by atoms with Gasteiger partial charge in [0.1, 0.15) is 11.3 Å². The van der Waals surface area contributed by atoms with E-state index >= 15 is 0 Å². The van der Waals surface area contributed by atoms with Crippen LogP contribution in [0.1, 0.15) is 68.2 Å². The molecule has 0 unspecified atom stereocenters. The second-order valence-electron chi connectivity index (χ2n) is 9.87. The lowest BCUT2D eigenvalue weighted by molar-refractivity contribution is -0.268. The van der Waals surface area contributed by atoms with Gasteiger partial charge in [-0.3, -0.25) is 4.79 Å². The molecule has 2 aliphatic heterocycles. The third-order valence-corrected chi connectivity index (χ3v) is 8.13. The quantitative estimate of drug-likeness (QED) is 0.838. The average Bonchev–Trinajstić information content (AvgIpc) is 3.17. The molecule has 2 aromatic heterocycles. The van der Waals surface area contributed by atoms with Crippen molar-refractivity contribution in [2.45, 2.75) is 62.4 Å². The summed E-state index contributed by atoms with van der Waals surface area (Å²) in [7, 11) is 1.77. The van der Waals surface area contributed by atoms with Crippen molar-refractivity contribution < 1.29 is 14.3 Å². The van der Waals surface area contributed by atoms with Crippen molar-refractivity contribution in [2.24, 2.45) is 5.41 Å². The standard InChI is InChI=1S/C23H30N4O3/c1-29-23-12-22(13-23,14-23)21(28)27-8-3-15(4-9-27)17-2-7-24-20-18(17)25-19(26-20)16-5-10-30-11-6-16/h2,7,15-16H,3-6,8-14H2,1H3,(H,24,25,26). The number of H-pyrrole nitrogens is 1. The number of pyridine rings is 1. The van der Waals surface area contributed by atoms with Gasteiger partial charge in [0.2, 0.25) is 5.91 Å². The summed E-state index contributed by atoms with van der Waals surface area (Å²) < 4.78 is 11.1. The largest absolute Gasteiger partial charge is 0.381 e. The number of aromatic amines is 1. The lowest BCUT2D eigenvalue weighted by Crippen LogP contribution is -2.73. The number of fused-ring (bicyclic) bond motifs is 1. The molecule has 0 radical (unpaired) electrons. The number of nitrogens with one attached hydrogen (secondary N) is 1. The molecule has 5 fully saturated rings. The summed E-state index contributed by atoms with van der Waals surface area (Å²) in [6.45, 7) is 3.29. The topological polar surface area (TPSA) is 80.3 Å². The maximum atomic E-state index is 13.1. The van der Waals surface area contributed by atoms with Crippen molar-refractivity contribution in [3.05, 3.63) is 23.7 Å². The highest BCUT2D eigenvalue weighted by molar-refractivity contribution is 5.87. The van der Waals surface area contributed by atoms with E-state index in [1.807, 2.05) is 6.20 Å². The molecule has 2 saturated heterocycles. The van der Waals surface area contributed by atoms with E-state index < -0.39 is 0 Å². The fourth-order valence-electron chi connectivity index (χ4n) is 6.31. The van der Waals surface area contributed by atoms with Crippen LogP contribution in [0, 0.1) is 5.41 Å². The number of likely N-dealkylation sites (tertiary alicyclic amines) is 1. The number of nitrogens with zero attached hydrogens (tertiary/aromatic N) is 3. The Bertz CT molecular complexity index is 952. The first-order valence-electron chi connectivity index (χ1n) is 11.4. The zero-order valence-electron chi connectivity index (χ0n) is 17.7. The summed E-state index contributed by atoms with van der Waals surface area (Å²) in [4.78, 5) is 28.2. The SMILES string of the molecule is COC12CC(C(=O)N3CCC(c4ccnc5[nH]c(C6CCOCC6)nc45)CC3)(C1)C2. The Labute approximate surface area is 176 Å². The van der Waals surface area contributed by atoms with E-state index in [-0.39, 0.29) is 11.0 Å². The average molecular weight is 411 g/mol. The van der Waals surface area contributed by atoms with Crippen LogP contribution in [-0.4, -0.2) is 64.8 Å². The van der Waals surface area contributed by atoms with Crippen LogP contribution in [0.4, 0.5) is 0 Å². The maximum absolute atomic E-state index is 13.1. The van der Waals surface area contributed by atoms with E-state index in [0.29, 0.717) is 17.7 Å². The van der Waals surface area contributed by atoms with Crippen molar-refractivity contribution in [3.8, 4) is 0 Å². The number of amides is 1. The molecule has 1 amide bonds. The van der Waals surface area contributed by atoms with Gasteiger partial charge in [0.05, 0.1) is 11.0 Å². The van der Waals surface area contributed by atoms with Gasteiger partial charge in [-0.2, -0.15) is 0 Å². The number of piperidine rings is 1. The molecule has 160 valence electrons. The summed E-state index contributed by atoms with van der Waals surface area (Å²) in [5.41, 5.74) is 3.12. The second kappa shape index (κ2) is 6.76. The number of carbonyl (C=O) groups excluding carboxylic acids is 1. The van der Waals surface area contributed by atoms with Crippen LogP contribution in [0.3, 0.4) is 0 Å². The number of hydrogen-bond donors (Lipinski definition) is 1. The van der Waals surface area contributed by atoms with Gasteiger partial charge in [-0.25, -0.2) is 9.97 Å². The monoisotopic (exact) mass is 410 g/mol. The Morgan fingerprint density at radius 1 is 1.17 bits per heavy atom. The first-order valence-corrected chi connectivity index (χ1v) is 11.4. The highest BCUT2D eigenvalue weighted by Gasteiger charge is 2.72. The van der Waals surface area contributed by atoms with E-state index in [1.165, 1.54) is 5.56 Å². The molecule has 2 aromatic rings. The van der Waals surface area contributed by atoms with Gasteiger partial charge < -0.3 is 19.4 Å². The molecule has 1 N–H and O–H groups in total. The normalized spacial score (nSPS) is 32.1. The first kappa shape index (κ1) is 18.8. The van der Waals surface area contributed by atoms with Crippen molar-refractivity contribution in [1.82, 2.24) is 19.9 Å². The summed E-state index contributed by atoms with van der Waals surface area (Å²) in [6, 6.07) is 2.13. The summed E-state index contributed by atoms with van der Waals surface area (Å²) in [5, 5.41) is 0. The molecule has 0 aromatic carbocycles. The molecule has 7 rings (SSSR count). The van der Waals surface area contributed by atoms with Crippen LogP contribution in [0.2, 0.25) is 0 Å². The minimum Gasteiger partial charge on any atom is -0.381 e. The molecule has 7 nitrogen and oxygen atoms in total. The zero-order chi connectivity index (χ0) is 20.3.